The second kappa shape index (κ2) is 12.6. The summed E-state index contributed by atoms with van der Waals surface area (Å²) in [5.41, 5.74) is 6.11. The van der Waals surface area contributed by atoms with Crippen LogP contribution in [0.3, 0.4) is 0 Å². The lowest BCUT2D eigenvalue weighted by Crippen LogP contribution is -2.50. The summed E-state index contributed by atoms with van der Waals surface area (Å²) in [6.07, 6.45) is 22.2. The highest BCUT2D eigenvalue weighted by molar-refractivity contribution is 6.79. The first kappa shape index (κ1) is 25.8. The average Bonchev–Trinajstić information content (AvgIpc) is 3.40. The molecule has 0 heterocycles. The fraction of sp³-hybridized carbons (Fsp3) is 0.548. The molecule has 0 saturated heterocycles. The molecular weight excluding hydrogens is 397 g/mol. The van der Waals surface area contributed by atoms with Gasteiger partial charge in [-0.05, 0) is 54.7 Å². The van der Waals surface area contributed by atoms with Crippen molar-refractivity contribution < 1.29 is 0 Å². The van der Waals surface area contributed by atoms with Gasteiger partial charge in [-0.2, -0.15) is 0 Å². The van der Waals surface area contributed by atoms with Crippen LogP contribution >= 0.6 is 0 Å². The van der Waals surface area contributed by atoms with Gasteiger partial charge in [-0.25, -0.2) is 0 Å². The zero-order valence-corrected chi connectivity index (χ0v) is 21.9. The summed E-state index contributed by atoms with van der Waals surface area (Å²) in [6, 6.07) is 10.2. The van der Waals surface area contributed by atoms with Crippen molar-refractivity contribution in [3.8, 4) is 0 Å². The van der Waals surface area contributed by atoms with Gasteiger partial charge in [0.1, 0.15) is 0 Å². The van der Waals surface area contributed by atoms with Crippen LogP contribution in [-0.4, -0.2) is 23.7 Å². The largest absolute Gasteiger partial charge is 0.333 e. The molecule has 0 saturated carbocycles. The number of hydrogen-bond acceptors (Lipinski definition) is 1. The molecule has 0 radical (unpaired) electrons. The van der Waals surface area contributed by atoms with Crippen molar-refractivity contribution in [1.82, 2.24) is 4.81 Å². The molecule has 0 aromatic heterocycles. The van der Waals surface area contributed by atoms with Crippen molar-refractivity contribution in [3.05, 3.63) is 77.9 Å². The highest BCUT2D eigenvalue weighted by Crippen LogP contribution is 2.45. The standard InChI is InChI=1S/C31H46BN/c1-7-9-11-13-17-27-23-31(30-19-15-14-18-29(27)30)32(33(24(3)4)25(5)6)28-21-20-26(22-28)16-12-10-8-2/h8,14-15,18-25,27-28H,2,7,9-13,16-17H2,1,3-6H3. The molecule has 0 spiro atoms. The van der Waals surface area contributed by atoms with Crippen LogP contribution in [0.25, 0.3) is 5.47 Å². The third-order valence-corrected chi connectivity index (χ3v) is 7.43. The molecule has 0 amide bonds. The summed E-state index contributed by atoms with van der Waals surface area (Å²) in [5, 5.41) is 0. The predicted molar refractivity (Wildman–Crippen MR) is 149 cm³/mol. The van der Waals surface area contributed by atoms with E-state index in [0.717, 1.165) is 12.8 Å². The van der Waals surface area contributed by atoms with Crippen LogP contribution in [-0.2, 0) is 0 Å². The Morgan fingerprint density at radius 3 is 2.45 bits per heavy atom. The molecule has 2 aliphatic carbocycles. The maximum absolute atomic E-state index is 3.89. The van der Waals surface area contributed by atoms with Gasteiger partial charge in [0.05, 0.1) is 0 Å². The number of nitrogens with zero attached hydrogens (tertiary/aromatic N) is 1. The van der Waals surface area contributed by atoms with Crippen molar-refractivity contribution in [1.29, 1.82) is 0 Å². The monoisotopic (exact) mass is 443 g/mol. The van der Waals surface area contributed by atoms with Gasteiger partial charge in [0, 0.05) is 5.92 Å². The summed E-state index contributed by atoms with van der Waals surface area (Å²) in [5.74, 6) is 1.00. The minimum Gasteiger partial charge on any atom is -0.333 e. The molecule has 1 nitrogen and oxygen atoms in total. The number of fused-ring (bicyclic) bond motifs is 1. The van der Waals surface area contributed by atoms with E-state index in [0.29, 0.717) is 30.7 Å². The molecule has 178 valence electrons. The zero-order valence-electron chi connectivity index (χ0n) is 21.9. The number of unbranched alkanes of at least 4 members (excludes halogenated alkanes) is 4. The SMILES string of the molecule is C=CCCCC1=CC(B(C2=CC(CCCCCC)c3ccccc32)N(C(C)C)C(C)C)C=C1. The van der Waals surface area contributed by atoms with Crippen LogP contribution in [0, 0.1) is 0 Å². The summed E-state index contributed by atoms with van der Waals surface area (Å²) in [6.45, 7) is 16.0. The van der Waals surface area contributed by atoms with E-state index >= 15 is 0 Å². The van der Waals surface area contributed by atoms with Gasteiger partial charge >= 0.3 is 0 Å². The predicted octanol–water partition coefficient (Wildman–Crippen LogP) is 9.01. The fourth-order valence-corrected chi connectivity index (χ4v) is 5.98. The summed E-state index contributed by atoms with van der Waals surface area (Å²) >= 11 is 0. The molecule has 2 aliphatic rings. The van der Waals surface area contributed by atoms with E-state index in [9.17, 15) is 0 Å². The molecule has 0 aliphatic heterocycles. The topological polar surface area (TPSA) is 3.24 Å². The quantitative estimate of drug-likeness (QED) is 0.157. The molecule has 0 fully saturated rings. The van der Waals surface area contributed by atoms with Crippen molar-refractivity contribution >= 4 is 12.3 Å². The molecule has 2 atom stereocenters. The minimum atomic E-state index is 0.389. The van der Waals surface area contributed by atoms with Gasteiger partial charge in [0.25, 0.3) is 6.85 Å². The van der Waals surface area contributed by atoms with Gasteiger partial charge in [0.15, 0.2) is 0 Å². The van der Waals surface area contributed by atoms with E-state index in [2.05, 4.69) is 94.6 Å². The smallest absolute Gasteiger partial charge is 0.269 e. The molecule has 0 bridgehead atoms. The van der Waals surface area contributed by atoms with Gasteiger partial charge in [-0.1, -0.05) is 126 Å². The number of hydrogen-bond donors (Lipinski definition) is 0. The van der Waals surface area contributed by atoms with E-state index in [1.165, 1.54) is 49.7 Å². The normalized spacial score (nSPS) is 19.4. The Balaban J connectivity index is 1.94. The van der Waals surface area contributed by atoms with Crippen LogP contribution in [0.1, 0.15) is 103 Å². The Morgan fingerprint density at radius 1 is 1.00 bits per heavy atom. The maximum atomic E-state index is 3.89. The van der Waals surface area contributed by atoms with Gasteiger partial charge in [-0.15, -0.1) is 6.58 Å². The van der Waals surface area contributed by atoms with Crippen LogP contribution in [0.2, 0.25) is 5.82 Å². The van der Waals surface area contributed by atoms with Crippen molar-refractivity contribution in [2.75, 3.05) is 0 Å². The average molecular weight is 444 g/mol. The lowest BCUT2D eigenvalue weighted by atomic mass is 9.43. The molecule has 1 aromatic carbocycles. The van der Waals surface area contributed by atoms with E-state index in [-0.39, 0.29) is 0 Å². The Labute approximate surface area is 204 Å². The first-order valence-corrected chi connectivity index (χ1v) is 13.6. The second-order valence-electron chi connectivity index (χ2n) is 10.6. The van der Waals surface area contributed by atoms with Gasteiger partial charge < -0.3 is 4.81 Å². The molecule has 1 aromatic rings. The molecule has 0 N–H and O–H groups in total. The van der Waals surface area contributed by atoms with Crippen molar-refractivity contribution in [2.24, 2.45) is 0 Å². The molecule has 33 heavy (non-hydrogen) atoms. The third-order valence-electron chi connectivity index (χ3n) is 7.43. The summed E-state index contributed by atoms with van der Waals surface area (Å²) in [4.78, 5) is 2.75. The molecule has 3 rings (SSSR count). The highest BCUT2D eigenvalue weighted by atomic mass is 15.1. The van der Waals surface area contributed by atoms with Crippen LogP contribution in [0.15, 0.2) is 66.8 Å². The van der Waals surface area contributed by atoms with Gasteiger partial charge in [0.2, 0.25) is 0 Å². The minimum absolute atomic E-state index is 0.389. The first-order valence-electron chi connectivity index (χ1n) is 13.6. The van der Waals surface area contributed by atoms with Crippen molar-refractivity contribution in [2.45, 2.75) is 110 Å². The summed E-state index contributed by atoms with van der Waals surface area (Å²) in [7, 11) is 0. The molecule has 2 unspecified atom stereocenters. The number of rotatable bonds is 14. The summed E-state index contributed by atoms with van der Waals surface area (Å²) < 4.78 is 0. The van der Waals surface area contributed by atoms with Crippen LogP contribution in [0.4, 0.5) is 0 Å². The van der Waals surface area contributed by atoms with E-state index < -0.39 is 0 Å². The number of allylic oxidation sites excluding steroid dienone is 6. The zero-order chi connectivity index (χ0) is 23.8. The van der Waals surface area contributed by atoms with E-state index in [1.54, 1.807) is 11.0 Å². The fourth-order valence-electron chi connectivity index (χ4n) is 5.98. The lowest BCUT2D eigenvalue weighted by Gasteiger charge is -2.39. The Hall–Kier alpha value is -1.80. The third kappa shape index (κ3) is 6.41. The van der Waals surface area contributed by atoms with Crippen molar-refractivity contribution in [3.63, 3.8) is 0 Å². The first-order chi connectivity index (χ1) is 16.0. The Kier molecular flexibility index (Phi) is 9.86. The van der Waals surface area contributed by atoms with E-state index in [1.807, 2.05) is 6.08 Å². The maximum Gasteiger partial charge on any atom is 0.269 e. The molecule has 2 heteroatoms. The van der Waals surface area contributed by atoms with Crippen LogP contribution < -0.4 is 0 Å². The Morgan fingerprint density at radius 2 is 1.76 bits per heavy atom. The second-order valence-corrected chi connectivity index (χ2v) is 10.6. The lowest BCUT2D eigenvalue weighted by molar-refractivity contribution is 0.305. The van der Waals surface area contributed by atoms with Crippen LogP contribution in [0.5, 0.6) is 0 Å². The highest BCUT2D eigenvalue weighted by Gasteiger charge is 2.40. The van der Waals surface area contributed by atoms with E-state index in [4.69, 9.17) is 0 Å². The van der Waals surface area contributed by atoms with Gasteiger partial charge in [-0.3, -0.25) is 0 Å². The molecular formula is C31H46BN. The number of benzene rings is 1. The Bertz CT molecular complexity index is 851.